The summed E-state index contributed by atoms with van der Waals surface area (Å²) in [4.78, 5) is 17.8. The molecule has 20 heavy (non-hydrogen) atoms. The van der Waals surface area contributed by atoms with E-state index in [-0.39, 0.29) is 11.9 Å². The third-order valence-electron chi connectivity index (χ3n) is 4.56. The van der Waals surface area contributed by atoms with Gasteiger partial charge in [0.05, 0.1) is 0 Å². The summed E-state index contributed by atoms with van der Waals surface area (Å²) >= 11 is 0. The summed E-state index contributed by atoms with van der Waals surface area (Å²) in [5, 5.41) is 0.992. The van der Waals surface area contributed by atoms with Gasteiger partial charge in [0.15, 0.2) is 0 Å². The number of H-pyrrole nitrogens is 1. The van der Waals surface area contributed by atoms with E-state index in [1.165, 1.54) is 6.42 Å². The van der Waals surface area contributed by atoms with Crippen molar-refractivity contribution in [1.82, 2.24) is 9.88 Å². The first-order chi connectivity index (χ1) is 9.72. The Labute approximate surface area is 118 Å². The first-order valence-corrected chi connectivity index (χ1v) is 7.25. The lowest BCUT2D eigenvalue weighted by atomic mass is 10.0. The third-order valence-corrected chi connectivity index (χ3v) is 4.56. The highest BCUT2D eigenvalue weighted by molar-refractivity contribution is 6.06. The van der Waals surface area contributed by atoms with Crippen LogP contribution < -0.4 is 5.73 Å². The zero-order valence-electron chi connectivity index (χ0n) is 11.8. The standard InChI is InChI=1S/C16H21N3O/c1-19(15-7-2-4-11(15)10-17)16(20)13-5-3-6-14-12(13)8-9-18-14/h3,5-6,8-9,11,15,18H,2,4,7,10,17H2,1H3. The number of hydrogen-bond acceptors (Lipinski definition) is 2. The summed E-state index contributed by atoms with van der Waals surface area (Å²) in [7, 11) is 1.91. The van der Waals surface area contributed by atoms with E-state index in [0.29, 0.717) is 12.5 Å². The maximum Gasteiger partial charge on any atom is 0.254 e. The van der Waals surface area contributed by atoms with E-state index in [4.69, 9.17) is 5.73 Å². The fourth-order valence-electron chi connectivity index (χ4n) is 3.41. The Morgan fingerprint density at radius 1 is 1.40 bits per heavy atom. The number of benzene rings is 1. The topological polar surface area (TPSA) is 62.1 Å². The average Bonchev–Trinajstić information content (AvgIpc) is 3.13. The van der Waals surface area contributed by atoms with Crippen molar-refractivity contribution in [1.29, 1.82) is 0 Å². The molecule has 2 unspecified atom stereocenters. The van der Waals surface area contributed by atoms with Gasteiger partial charge in [0.25, 0.3) is 5.91 Å². The van der Waals surface area contributed by atoms with Gasteiger partial charge in [0.2, 0.25) is 0 Å². The zero-order valence-corrected chi connectivity index (χ0v) is 11.8. The second-order valence-corrected chi connectivity index (χ2v) is 5.65. The second kappa shape index (κ2) is 5.29. The molecule has 1 fully saturated rings. The monoisotopic (exact) mass is 271 g/mol. The molecular formula is C16H21N3O. The van der Waals surface area contributed by atoms with E-state index in [1.54, 1.807) is 0 Å². The van der Waals surface area contributed by atoms with E-state index in [1.807, 2.05) is 42.4 Å². The minimum absolute atomic E-state index is 0.0977. The first kappa shape index (κ1) is 13.2. The summed E-state index contributed by atoms with van der Waals surface area (Å²) in [6.45, 7) is 0.663. The fourth-order valence-corrected chi connectivity index (χ4v) is 3.41. The quantitative estimate of drug-likeness (QED) is 0.900. The summed E-state index contributed by atoms with van der Waals surface area (Å²) in [6, 6.07) is 8.06. The maximum atomic E-state index is 12.8. The smallest absolute Gasteiger partial charge is 0.254 e. The van der Waals surface area contributed by atoms with Gasteiger partial charge in [-0.25, -0.2) is 0 Å². The largest absolute Gasteiger partial charge is 0.361 e. The summed E-state index contributed by atoms with van der Waals surface area (Å²) in [6.07, 6.45) is 5.23. The molecule has 3 rings (SSSR count). The molecule has 4 nitrogen and oxygen atoms in total. The number of carbonyl (C=O) groups is 1. The van der Waals surface area contributed by atoms with Crippen molar-refractivity contribution in [2.24, 2.45) is 11.7 Å². The fraction of sp³-hybridized carbons (Fsp3) is 0.438. The van der Waals surface area contributed by atoms with Crippen LogP contribution in [0.4, 0.5) is 0 Å². The molecule has 2 atom stereocenters. The van der Waals surface area contributed by atoms with Crippen molar-refractivity contribution in [3.8, 4) is 0 Å². The normalized spacial score (nSPS) is 22.3. The van der Waals surface area contributed by atoms with Crippen LogP contribution in [0.15, 0.2) is 30.5 Å². The molecule has 1 aliphatic rings. The predicted molar refractivity (Wildman–Crippen MR) is 80.6 cm³/mol. The molecule has 0 aliphatic heterocycles. The van der Waals surface area contributed by atoms with Gasteiger partial charge in [-0.2, -0.15) is 0 Å². The molecule has 1 aromatic heterocycles. The van der Waals surface area contributed by atoms with Gasteiger partial charge in [-0.1, -0.05) is 12.5 Å². The summed E-state index contributed by atoms with van der Waals surface area (Å²) in [5.41, 5.74) is 7.61. The number of nitrogens with one attached hydrogen (secondary N) is 1. The Kier molecular flexibility index (Phi) is 3.49. The SMILES string of the molecule is CN(C(=O)c1cccc2[nH]ccc12)C1CCCC1CN. The van der Waals surface area contributed by atoms with E-state index in [2.05, 4.69) is 4.98 Å². The minimum atomic E-state index is 0.0977. The van der Waals surface area contributed by atoms with Crippen LogP contribution in [0.2, 0.25) is 0 Å². The lowest BCUT2D eigenvalue weighted by Gasteiger charge is -2.29. The van der Waals surface area contributed by atoms with Gasteiger partial charge < -0.3 is 15.6 Å². The molecular weight excluding hydrogens is 250 g/mol. The van der Waals surface area contributed by atoms with Crippen LogP contribution in [0.3, 0.4) is 0 Å². The Balaban J connectivity index is 1.90. The van der Waals surface area contributed by atoms with Crippen molar-refractivity contribution >= 4 is 16.8 Å². The molecule has 0 bridgehead atoms. The van der Waals surface area contributed by atoms with Gasteiger partial charge >= 0.3 is 0 Å². The van der Waals surface area contributed by atoms with Gasteiger partial charge in [0.1, 0.15) is 0 Å². The summed E-state index contributed by atoms with van der Waals surface area (Å²) < 4.78 is 0. The van der Waals surface area contributed by atoms with Crippen molar-refractivity contribution in [2.75, 3.05) is 13.6 Å². The molecule has 2 aromatic rings. The van der Waals surface area contributed by atoms with Crippen LogP contribution in [-0.2, 0) is 0 Å². The number of amides is 1. The van der Waals surface area contributed by atoms with Crippen molar-refractivity contribution < 1.29 is 4.79 Å². The molecule has 0 radical (unpaired) electrons. The molecule has 1 aliphatic carbocycles. The second-order valence-electron chi connectivity index (χ2n) is 5.65. The highest BCUT2D eigenvalue weighted by atomic mass is 16.2. The van der Waals surface area contributed by atoms with E-state index in [9.17, 15) is 4.79 Å². The molecule has 3 N–H and O–H groups in total. The minimum Gasteiger partial charge on any atom is -0.361 e. The lowest BCUT2D eigenvalue weighted by Crippen LogP contribution is -2.41. The number of nitrogens with two attached hydrogens (primary N) is 1. The van der Waals surface area contributed by atoms with Crippen LogP contribution in [0.1, 0.15) is 29.6 Å². The molecule has 1 aromatic carbocycles. The molecule has 4 heteroatoms. The zero-order chi connectivity index (χ0) is 14.1. The first-order valence-electron chi connectivity index (χ1n) is 7.25. The van der Waals surface area contributed by atoms with Crippen molar-refractivity contribution in [3.05, 3.63) is 36.0 Å². The van der Waals surface area contributed by atoms with Crippen molar-refractivity contribution in [2.45, 2.75) is 25.3 Å². The Morgan fingerprint density at radius 2 is 2.25 bits per heavy atom. The van der Waals surface area contributed by atoms with Crippen molar-refractivity contribution in [3.63, 3.8) is 0 Å². The average molecular weight is 271 g/mol. The Bertz CT molecular complexity index is 619. The molecule has 1 heterocycles. The molecule has 106 valence electrons. The number of carbonyl (C=O) groups excluding carboxylic acids is 1. The van der Waals surface area contributed by atoms with Gasteiger partial charge in [-0.3, -0.25) is 4.79 Å². The number of hydrogen-bond donors (Lipinski definition) is 2. The lowest BCUT2D eigenvalue weighted by molar-refractivity contribution is 0.0702. The van der Waals surface area contributed by atoms with Gasteiger partial charge in [0, 0.05) is 35.8 Å². The van der Waals surface area contributed by atoms with Crippen LogP contribution >= 0.6 is 0 Å². The highest BCUT2D eigenvalue weighted by Gasteiger charge is 2.32. The van der Waals surface area contributed by atoms with Crippen LogP contribution in [0.5, 0.6) is 0 Å². The van der Waals surface area contributed by atoms with Crippen LogP contribution in [0.25, 0.3) is 10.9 Å². The highest BCUT2D eigenvalue weighted by Crippen LogP contribution is 2.30. The summed E-state index contributed by atoms with van der Waals surface area (Å²) in [5.74, 6) is 0.537. The number of rotatable bonds is 3. The Hall–Kier alpha value is -1.81. The number of aromatic nitrogens is 1. The Morgan fingerprint density at radius 3 is 3.05 bits per heavy atom. The molecule has 1 amide bonds. The number of nitrogens with zero attached hydrogens (tertiary/aromatic N) is 1. The number of aromatic amines is 1. The molecule has 1 saturated carbocycles. The molecule has 0 saturated heterocycles. The van der Waals surface area contributed by atoms with E-state index in [0.717, 1.165) is 29.3 Å². The van der Waals surface area contributed by atoms with E-state index < -0.39 is 0 Å². The molecule has 0 spiro atoms. The van der Waals surface area contributed by atoms with Gasteiger partial charge in [-0.05, 0) is 43.5 Å². The third kappa shape index (κ3) is 2.10. The predicted octanol–water partition coefficient (Wildman–Crippen LogP) is 2.37. The van der Waals surface area contributed by atoms with Crippen LogP contribution in [0, 0.1) is 5.92 Å². The van der Waals surface area contributed by atoms with E-state index >= 15 is 0 Å². The van der Waals surface area contributed by atoms with Gasteiger partial charge in [-0.15, -0.1) is 0 Å². The van der Waals surface area contributed by atoms with Crippen LogP contribution in [-0.4, -0.2) is 35.4 Å². The number of fused-ring (bicyclic) bond motifs is 1. The maximum absolute atomic E-state index is 12.8.